The quantitative estimate of drug-likeness (QED) is 0.890. The minimum Gasteiger partial charge on any atom is -0.359 e. The van der Waals surface area contributed by atoms with Gasteiger partial charge in [-0.25, -0.2) is 4.79 Å². The smallest absolute Gasteiger partial charge is 0.328 e. The molecule has 2 heterocycles. The van der Waals surface area contributed by atoms with Gasteiger partial charge in [0.1, 0.15) is 0 Å². The molecule has 120 valence electrons. The van der Waals surface area contributed by atoms with E-state index in [1.54, 1.807) is 11.9 Å². The molecule has 3 rings (SSSR count). The molecule has 7 nitrogen and oxygen atoms in total. The second kappa shape index (κ2) is 6.12. The maximum atomic E-state index is 12.0. The average molecular weight is 314 g/mol. The molecule has 2 aromatic rings. The van der Waals surface area contributed by atoms with Crippen molar-refractivity contribution in [1.82, 2.24) is 15.2 Å². The maximum absolute atomic E-state index is 12.0. The lowest BCUT2D eigenvalue weighted by Crippen LogP contribution is -2.49. The Balaban J connectivity index is 1.87. The predicted molar refractivity (Wildman–Crippen MR) is 86.1 cm³/mol. The average Bonchev–Trinajstić information content (AvgIpc) is 2.95. The number of aromatic nitrogens is 1. The number of nitrogens with one attached hydrogen (secondary N) is 2. The Labute approximate surface area is 133 Å². The molecule has 1 aromatic heterocycles. The summed E-state index contributed by atoms with van der Waals surface area (Å²) in [5, 5.41) is 5.96. The normalized spacial score (nSPS) is 14.9. The number of carbonyl (C=O) groups is 3. The van der Waals surface area contributed by atoms with E-state index in [0.29, 0.717) is 25.9 Å². The zero-order valence-electron chi connectivity index (χ0n) is 12.8. The van der Waals surface area contributed by atoms with E-state index in [1.165, 1.54) is 0 Å². The van der Waals surface area contributed by atoms with Crippen LogP contribution >= 0.6 is 0 Å². The van der Waals surface area contributed by atoms with Crippen LogP contribution < -0.4 is 15.5 Å². The second-order valence-electron chi connectivity index (χ2n) is 5.43. The third-order valence-corrected chi connectivity index (χ3v) is 3.98. The van der Waals surface area contributed by atoms with E-state index in [9.17, 15) is 14.4 Å². The number of rotatable bonds is 4. The van der Waals surface area contributed by atoms with Gasteiger partial charge in [0, 0.05) is 44.9 Å². The lowest BCUT2D eigenvalue weighted by molar-refractivity contribution is -0.121. The Hall–Kier alpha value is -2.83. The van der Waals surface area contributed by atoms with Crippen molar-refractivity contribution in [2.45, 2.75) is 19.4 Å². The van der Waals surface area contributed by atoms with E-state index in [1.807, 2.05) is 35.0 Å². The number of urea groups is 1. The minimum absolute atomic E-state index is 0.0167. The Bertz CT molecular complexity index is 781. The van der Waals surface area contributed by atoms with Crippen LogP contribution in [0.25, 0.3) is 10.9 Å². The van der Waals surface area contributed by atoms with Crippen molar-refractivity contribution in [3.8, 4) is 0 Å². The van der Waals surface area contributed by atoms with Crippen molar-refractivity contribution in [2.75, 3.05) is 18.5 Å². The maximum Gasteiger partial charge on any atom is 0.328 e. The number of hydrogen-bond acceptors (Lipinski definition) is 3. The molecule has 7 heteroatoms. The summed E-state index contributed by atoms with van der Waals surface area (Å²) in [6.45, 7) is 0.937. The molecule has 0 bridgehead atoms. The number of carbonyl (C=O) groups excluding carboxylic acids is 3. The Morgan fingerprint density at radius 3 is 2.87 bits per heavy atom. The van der Waals surface area contributed by atoms with Crippen LogP contribution in [0.3, 0.4) is 0 Å². The first-order chi connectivity index (χ1) is 11.1. The van der Waals surface area contributed by atoms with Gasteiger partial charge in [-0.15, -0.1) is 0 Å². The standard InChI is InChI=1S/C16H18N4O3/c1-17-14(21)5-8-19-7-4-11-2-3-12(10-13(11)19)20-9-6-15(22)18-16(20)23/h2-4,7,10H,5-6,8-9H2,1H3,(H,17,21)(H,18,22,23). The monoisotopic (exact) mass is 314 g/mol. The summed E-state index contributed by atoms with van der Waals surface area (Å²) in [6, 6.07) is 7.28. The number of fused-ring (bicyclic) bond motifs is 1. The summed E-state index contributed by atoms with van der Waals surface area (Å²) in [5.74, 6) is -0.266. The van der Waals surface area contributed by atoms with Crippen molar-refractivity contribution in [2.24, 2.45) is 0 Å². The molecule has 0 saturated carbocycles. The molecule has 4 amide bonds. The molecule has 2 N–H and O–H groups in total. The zero-order chi connectivity index (χ0) is 16.4. The molecule has 0 atom stereocenters. The molecule has 0 unspecified atom stereocenters. The Morgan fingerprint density at radius 2 is 2.13 bits per heavy atom. The van der Waals surface area contributed by atoms with Crippen LogP contribution in [-0.4, -0.2) is 36.0 Å². The van der Waals surface area contributed by atoms with Gasteiger partial charge in [0.15, 0.2) is 0 Å². The van der Waals surface area contributed by atoms with Crippen LogP contribution in [0, 0.1) is 0 Å². The van der Waals surface area contributed by atoms with Gasteiger partial charge in [-0.05, 0) is 23.6 Å². The lowest BCUT2D eigenvalue weighted by atomic mass is 10.2. The van der Waals surface area contributed by atoms with Gasteiger partial charge < -0.3 is 9.88 Å². The number of imide groups is 1. The van der Waals surface area contributed by atoms with Crippen LogP contribution in [0.2, 0.25) is 0 Å². The van der Waals surface area contributed by atoms with Crippen LogP contribution in [0.4, 0.5) is 10.5 Å². The summed E-state index contributed by atoms with van der Waals surface area (Å²) < 4.78 is 1.99. The van der Waals surface area contributed by atoms with Gasteiger partial charge in [0.25, 0.3) is 0 Å². The van der Waals surface area contributed by atoms with E-state index >= 15 is 0 Å². The highest BCUT2D eigenvalue weighted by atomic mass is 16.2. The van der Waals surface area contributed by atoms with Gasteiger partial charge in [0.05, 0.1) is 5.52 Å². The van der Waals surface area contributed by atoms with E-state index < -0.39 is 6.03 Å². The number of nitrogens with zero attached hydrogens (tertiary/aromatic N) is 2. The van der Waals surface area contributed by atoms with Crippen molar-refractivity contribution >= 4 is 34.4 Å². The summed E-state index contributed by atoms with van der Waals surface area (Å²) in [4.78, 5) is 36.2. The van der Waals surface area contributed by atoms with E-state index in [4.69, 9.17) is 0 Å². The molecule has 0 spiro atoms. The first kappa shape index (κ1) is 15.1. The number of amides is 4. The van der Waals surface area contributed by atoms with Gasteiger partial charge in [-0.3, -0.25) is 19.8 Å². The van der Waals surface area contributed by atoms with Crippen LogP contribution in [0.1, 0.15) is 12.8 Å². The van der Waals surface area contributed by atoms with Gasteiger partial charge in [-0.2, -0.15) is 0 Å². The highest BCUT2D eigenvalue weighted by Crippen LogP contribution is 2.24. The number of aryl methyl sites for hydroxylation is 1. The predicted octanol–water partition coefficient (Wildman–Crippen LogP) is 1.22. The SMILES string of the molecule is CNC(=O)CCn1ccc2ccc(N3CCC(=O)NC3=O)cc21. The van der Waals surface area contributed by atoms with Crippen LogP contribution in [-0.2, 0) is 16.1 Å². The van der Waals surface area contributed by atoms with Crippen molar-refractivity contribution < 1.29 is 14.4 Å². The summed E-state index contributed by atoms with van der Waals surface area (Å²) in [7, 11) is 1.62. The van der Waals surface area contributed by atoms with Crippen LogP contribution in [0.15, 0.2) is 30.5 Å². The molecule has 23 heavy (non-hydrogen) atoms. The molecule has 1 aromatic carbocycles. The number of benzene rings is 1. The molecule has 1 aliphatic rings. The van der Waals surface area contributed by atoms with Gasteiger partial charge >= 0.3 is 6.03 Å². The fourth-order valence-corrected chi connectivity index (χ4v) is 2.69. The fraction of sp³-hybridized carbons (Fsp3) is 0.312. The molecular weight excluding hydrogens is 296 g/mol. The first-order valence-corrected chi connectivity index (χ1v) is 7.49. The third kappa shape index (κ3) is 3.03. The zero-order valence-corrected chi connectivity index (χ0v) is 12.8. The third-order valence-electron chi connectivity index (χ3n) is 3.98. The van der Waals surface area contributed by atoms with E-state index in [2.05, 4.69) is 10.6 Å². The molecule has 0 aliphatic carbocycles. The molecular formula is C16H18N4O3. The summed E-state index contributed by atoms with van der Waals surface area (Å²) >= 11 is 0. The lowest BCUT2D eigenvalue weighted by Gasteiger charge is -2.26. The van der Waals surface area contributed by atoms with E-state index in [0.717, 1.165) is 16.6 Å². The minimum atomic E-state index is -0.399. The van der Waals surface area contributed by atoms with Crippen LogP contribution in [0.5, 0.6) is 0 Å². The van der Waals surface area contributed by atoms with Crippen molar-refractivity contribution in [3.63, 3.8) is 0 Å². The second-order valence-corrected chi connectivity index (χ2v) is 5.43. The highest BCUT2D eigenvalue weighted by Gasteiger charge is 2.24. The van der Waals surface area contributed by atoms with Gasteiger partial charge in [0.2, 0.25) is 11.8 Å². The van der Waals surface area contributed by atoms with Crippen molar-refractivity contribution in [1.29, 1.82) is 0 Å². The van der Waals surface area contributed by atoms with Gasteiger partial charge in [-0.1, -0.05) is 6.07 Å². The summed E-state index contributed by atoms with van der Waals surface area (Å²) in [5.41, 5.74) is 1.69. The Morgan fingerprint density at radius 1 is 1.30 bits per heavy atom. The summed E-state index contributed by atoms with van der Waals surface area (Å²) in [6.07, 6.45) is 2.61. The number of anilines is 1. The topological polar surface area (TPSA) is 83.4 Å². The molecule has 1 aliphatic heterocycles. The molecule has 1 fully saturated rings. The fourth-order valence-electron chi connectivity index (χ4n) is 2.69. The van der Waals surface area contributed by atoms with E-state index in [-0.39, 0.29) is 11.8 Å². The molecule has 1 saturated heterocycles. The largest absolute Gasteiger partial charge is 0.359 e. The number of hydrogen-bond donors (Lipinski definition) is 2. The van der Waals surface area contributed by atoms with Crippen molar-refractivity contribution in [3.05, 3.63) is 30.5 Å². The Kier molecular flexibility index (Phi) is 4.01. The highest BCUT2D eigenvalue weighted by molar-refractivity contribution is 6.06. The first-order valence-electron chi connectivity index (χ1n) is 7.49. The molecule has 0 radical (unpaired) electrons.